The molecule has 5 aromatic rings. The zero-order chi connectivity index (χ0) is 22.4. The third kappa shape index (κ3) is 3.78. The molecule has 1 fully saturated rings. The molecule has 166 valence electrons. The molecule has 0 saturated heterocycles. The van der Waals surface area contributed by atoms with Crippen LogP contribution in [-0.4, -0.2) is 50.7 Å². The molecule has 1 amide bonds. The summed E-state index contributed by atoms with van der Waals surface area (Å²) in [5.74, 6) is 1.72. The van der Waals surface area contributed by atoms with E-state index in [1.165, 1.54) is 24.0 Å². The van der Waals surface area contributed by atoms with Crippen molar-refractivity contribution >= 4 is 22.9 Å². The van der Waals surface area contributed by atoms with Gasteiger partial charge in [0.1, 0.15) is 17.8 Å². The van der Waals surface area contributed by atoms with Crippen molar-refractivity contribution in [2.24, 2.45) is 5.92 Å². The summed E-state index contributed by atoms with van der Waals surface area (Å²) in [5, 5.41) is 22.9. The lowest BCUT2D eigenvalue weighted by Gasteiger charge is -2.11. The Hall–Kier alpha value is -3.93. The maximum atomic E-state index is 13.1. The van der Waals surface area contributed by atoms with Gasteiger partial charge in [0.2, 0.25) is 0 Å². The van der Waals surface area contributed by atoms with Crippen LogP contribution in [0, 0.1) is 12.8 Å². The fourth-order valence-corrected chi connectivity index (χ4v) is 4.66. The number of aromatic nitrogens is 9. The van der Waals surface area contributed by atoms with Gasteiger partial charge in [0, 0.05) is 17.5 Å². The van der Waals surface area contributed by atoms with Gasteiger partial charge in [-0.2, -0.15) is 4.68 Å². The highest BCUT2D eigenvalue weighted by atomic mass is 32.1. The Balaban J connectivity index is 1.46. The number of fused-ring (bicyclic) bond motifs is 1. The number of hydrogen-bond donors (Lipinski definition) is 2. The molecular weight excluding hydrogens is 440 g/mol. The fourth-order valence-electron chi connectivity index (χ4n) is 3.79. The average Bonchev–Trinajstić information content (AvgIpc) is 3.27. The molecule has 0 atom stereocenters. The van der Waals surface area contributed by atoms with E-state index in [1.807, 2.05) is 10.6 Å². The Morgan fingerprint density at radius 1 is 1.30 bits per heavy atom. The minimum Gasteiger partial charge on any atom is -0.345 e. The quantitative estimate of drug-likeness (QED) is 0.381. The first kappa shape index (κ1) is 19.7. The average molecular weight is 461 g/mol. The lowest BCUT2D eigenvalue weighted by atomic mass is 10.2. The van der Waals surface area contributed by atoms with Crippen LogP contribution in [0.1, 0.15) is 39.7 Å². The number of nitrogens with zero attached hydrogens (tertiary/aromatic N) is 8. The number of amides is 1. The van der Waals surface area contributed by atoms with Crippen LogP contribution >= 0.6 is 11.3 Å². The number of tetrazole rings is 1. The minimum absolute atomic E-state index is 0.241. The SMILES string of the molecule is Cc1ccc(-c2cnc3c(-n4nnnc4CC4CC4)cc(C(=O)NCc4nnc[nH]4)cn23)s1. The maximum absolute atomic E-state index is 13.1. The van der Waals surface area contributed by atoms with Crippen LogP contribution in [0.3, 0.4) is 0 Å². The summed E-state index contributed by atoms with van der Waals surface area (Å²) in [5.41, 5.74) is 2.73. The predicted octanol–water partition coefficient (Wildman–Crippen LogP) is 2.35. The molecule has 0 aliphatic heterocycles. The number of carbonyl (C=O) groups is 1. The van der Waals surface area contributed by atoms with Gasteiger partial charge in [0.25, 0.3) is 5.91 Å². The first-order valence-corrected chi connectivity index (χ1v) is 11.5. The molecule has 0 unspecified atom stereocenters. The van der Waals surface area contributed by atoms with E-state index < -0.39 is 0 Å². The van der Waals surface area contributed by atoms with E-state index >= 15 is 0 Å². The van der Waals surface area contributed by atoms with Gasteiger partial charge in [-0.25, -0.2) is 4.98 Å². The first-order valence-electron chi connectivity index (χ1n) is 10.6. The number of aromatic amines is 1. The van der Waals surface area contributed by atoms with E-state index in [9.17, 15) is 4.79 Å². The first-order chi connectivity index (χ1) is 16.2. The Kier molecular flexibility index (Phi) is 4.72. The van der Waals surface area contributed by atoms with Crippen molar-refractivity contribution in [1.82, 2.24) is 50.1 Å². The van der Waals surface area contributed by atoms with Gasteiger partial charge < -0.3 is 10.3 Å². The highest BCUT2D eigenvalue weighted by Gasteiger charge is 2.26. The Bertz CT molecular complexity index is 1440. The van der Waals surface area contributed by atoms with Crippen LogP contribution in [0.5, 0.6) is 0 Å². The zero-order valence-corrected chi connectivity index (χ0v) is 18.6. The Morgan fingerprint density at radius 3 is 2.97 bits per heavy atom. The van der Waals surface area contributed by atoms with Crippen molar-refractivity contribution in [2.45, 2.75) is 32.7 Å². The normalized spacial score (nSPS) is 13.6. The van der Waals surface area contributed by atoms with Crippen LogP contribution in [-0.2, 0) is 13.0 Å². The van der Waals surface area contributed by atoms with Crippen LogP contribution in [0.2, 0.25) is 0 Å². The van der Waals surface area contributed by atoms with E-state index in [-0.39, 0.29) is 12.5 Å². The molecule has 1 aliphatic rings. The molecule has 0 radical (unpaired) electrons. The largest absolute Gasteiger partial charge is 0.345 e. The van der Waals surface area contributed by atoms with Crippen LogP contribution in [0.25, 0.3) is 21.9 Å². The summed E-state index contributed by atoms with van der Waals surface area (Å²) in [6, 6.07) is 5.92. The van der Waals surface area contributed by atoms with Gasteiger partial charge in [0.05, 0.1) is 28.9 Å². The van der Waals surface area contributed by atoms with Crippen LogP contribution in [0.15, 0.2) is 36.9 Å². The molecule has 11 nitrogen and oxygen atoms in total. The number of thiophene rings is 1. The second-order valence-corrected chi connectivity index (χ2v) is 9.42. The van der Waals surface area contributed by atoms with E-state index in [1.54, 1.807) is 28.3 Å². The Morgan fingerprint density at radius 2 is 2.21 bits per heavy atom. The standard InChI is InChI=1S/C21H20N10OS/c1-12-2-5-17(33-12)16-8-22-20-15(31-19(27-28-29-31)6-13-3-4-13)7-14(10-30(16)20)21(32)23-9-18-24-11-25-26-18/h2,5,7-8,10-11,13H,3-4,6,9H2,1H3,(H,23,32)(H,24,25,26). The lowest BCUT2D eigenvalue weighted by molar-refractivity contribution is 0.0949. The summed E-state index contributed by atoms with van der Waals surface area (Å²) >= 11 is 1.68. The fraction of sp³-hybridized carbons (Fsp3) is 0.286. The van der Waals surface area contributed by atoms with Gasteiger partial charge in [-0.3, -0.25) is 9.20 Å². The van der Waals surface area contributed by atoms with Gasteiger partial charge in [0.15, 0.2) is 11.5 Å². The molecule has 1 saturated carbocycles. The predicted molar refractivity (Wildman–Crippen MR) is 120 cm³/mol. The second-order valence-electron chi connectivity index (χ2n) is 8.13. The van der Waals surface area contributed by atoms with E-state index in [2.05, 4.69) is 60.1 Å². The summed E-state index contributed by atoms with van der Waals surface area (Å²) in [6.45, 7) is 2.31. The van der Waals surface area contributed by atoms with Gasteiger partial charge in [-0.15, -0.1) is 26.6 Å². The number of H-pyrrole nitrogens is 1. The molecule has 12 heteroatoms. The number of carbonyl (C=O) groups excluding carboxylic acids is 1. The smallest absolute Gasteiger partial charge is 0.253 e. The van der Waals surface area contributed by atoms with Crippen molar-refractivity contribution in [2.75, 3.05) is 0 Å². The molecule has 33 heavy (non-hydrogen) atoms. The number of hydrogen-bond acceptors (Lipinski definition) is 8. The highest BCUT2D eigenvalue weighted by molar-refractivity contribution is 7.15. The van der Waals surface area contributed by atoms with Crippen molar-refractivity contribution in [3.63, 3.8) is 0 Å². The van der Waals surface area contributed by atoms with Crippen molar-refractivity contribution in [3.05, 3.63) is 59.0 Å². The minimum atomic E-state index is -0.242. The second kappa shape index (κ2) is 7.89. The van der Waals surface area contributed by atoms with Crippen molar-refractivity contribution in [3.8, 4) is 16.3 Å². The molecule has 0 bridgehead atoms. The molecular formula is C21H20N10OS. The van der Waals surface area contributed by atoms with E-state index in [4.69, 9.17) is 0 Å². The molecule has 6 rings (SSSR count). The topological polar surface area (TPSA) is 132 Å². The maximum Gasteiger partial charge on any atom is 0.253 e. The van der Waals surface area contributed by atoms with Crippen LogP contribution < -0.4 is 5.32 Å². The van der Waals surface area contributed by atoms with Crippen molar-refractivity contribution < 1.29 is 4.79 Å². The van der Waals surface area contributed by atoms with Gasteiger partial charge in [-0.05, 0) is 54.3 Å². The molecule has 0 spiro atoms. The number of rotatable bonds is 7. The lowest BCUT2D eigenvalue weighted by Crippen LogP contribution is -2.24. The molecule has 1 aliphatic carbocycles. The monoisotopic (exact) mass is 460 g/mol. The van der Waals surface area contributed by atoms with Crippen molar-refractivity contribution in [1.29, 1.82) is 0 Å². The third-order valence-corrected chi connectivity index (χ3v) is 6.68. The third-order valence-electron chi connectivity index (χ3n) is 5.66. The Labute approximate surface area is 191 Å². The number of pyridine rings is 1. The van der Waals surface area contributed by atoms with E-state index in [0.717, 1.165) is 22.8 Å². The molecule has 0 aromatic carbocycles. The molecule has 5 heterocycles. The summed E-state index contributed by atoms with van der Waals surface area (Å²) in [7, 11) is 0. The molecule has 5 aromatic heterocycles. The van der Waals surface area contributed by atoms with Crippen LogP contribution in [0.4, 0.5) is 0 Å². The number of nitrogens with one attached hydrogen (secondary N) is 2. The van der Waals surface area contributed by atoms with Gasteiger partial charge in [-0.1, -0.05) is 0 Å². The number of imidazole rings is 1. The zero-order valence-electron chi connectivity index (χ0n) is 17.8. The van der Waals surface area contributed by atoms with E-state index in [0.29, 0.717) is 28.6 Å². The van der Waals surface area contributed by atoms with Gasteiger partial charge >= 0.3 is 0 Å². The number of aryl methyl sites for hydroxylation is 1. The summed E-state index contributed by atoms with van der Waals surface area (Å²) < 4.78 is 3.64. The highest BCUT2D eigenvalue weighted by Crippen LogP contribution is 2.33. The molecule has 2 N–H and O–H groups in total. The summed E-state index contributed by atoms with van der Waals surface area (Å²) in [4.78, 5) is 22.9. The summed E-state index contributed by atoms with van der Waals surface area (Å²) in [6.07, 6.45) is 8.29.